The Balaban J connectivity index is 1.94. The molecule has 0 saturated carbocycles. The third kappa shape index (κ3) is 3.82. The van der Waals surface area contributed by atoms with Crippen molar-refractivity contribution in [2.75, 3.05) is 11.9 Å². The molecular formula is C15H17NO3. The minimum absolute atomic E-state index is 0.0986. The summed E-state index contributed by atoms with van der Waals surface area (Å²) in [5.41, 5.74) is 1.53. The zero-order valence-corrected chi connectivity index (χ0v) is 10.8. The Morgan fingerprint density at radius 2 is 2.16 bits per heavy atom. The van der Waals surface area contributed by atoms with Crippen LogP contribution in [0.5, 0.6) is 0 Å². The van der Waals surface area contributed by atoms with Crippen LogP contribution < -0.4 is 5.32 Å². The van der Waals surface area contributed by atoms with Gasteiger partial charge in [0.15, 0.2) is 0 Å². The predicted molar refractivity (Wildman–Crippen MR) is 72.6 cm³/mol. The van der Waals surface area contributed by atoms with Crippen molar-refractivity contribution in [3.8, 4) is 11.8 Å². The molecular weight excluding hydrogens is 242 g/mol. The molecule has 100 valence electrons. The number of hydrogen-bond acceptors (Lipinski definition) is 3. The largest absolute Gasteiger partial charge is 0.384 e. The second kappa shape index (κ2) is 6.37. The highest BCUT2D eigenvalue weighted by Gasteiger charge is 2.27. The quantitative estimate of drug-likeness (QED) is 0.792. The van der Waals surface area contributed by atoms with Crippen LogP contribution in [0.15, 0.2) is 24.3 Å². The summed E-state index contributed by atoms with van der Waals surface area (Å²) in [6.07, 6.45) is 1.51. The molecule has 0 spiro atoms. The van der Waals surface area contributed by atoms with E-state index in [1.54, 1.807) is 24.3 Å². The van der Waals surface area contributed by atoms with Crippen LogP contribution in [0, 0.1) is 11.8 Å². The Bertz CT molecular complexity index is 498. The van der Waals surface area contributed by atoms with E-state index in [1.165, 1.54) is 0 Å². The van der Waals surface area contributed by atoms with Crippen LogP contribution in [-0.4, -0.2) is 29.8 Å². The SMILES string of the molecule is CC1CCC(C(=O)Nc2ccc(C#CCO)cc2)O1. The van der Waals surface area contributed by atoms with E-state index >= 15 is 0 Å². The highest BCUT2D eigenvalue weighted by Crippen LogP contribution is 2.20. The number of carbonyl (C=O) groups excluding carboxylic acids is 1. The van der Waals surface area contributed by atoms with Gasteiger partial charge in [-0.05, 0) is 44.0 Å². The molecule has 2 N–H and O–H groups in total. The van der Waals surface area contributed by atoms with E-state index < -0.39 is 0 Å². The fourth-order valence-corrected chi connectivity index (χ4v) is 2.00. The smallest absolute Gasteiger partial charge is 0.253 e. The van der Waals surface area contributed by atoms with Gasteiger partial charge in [0.25, 0.3) is 5.91 Å². The average molecular weight is 259 g/mol. The minimum Gasteiger partial charge on any atom is -0.384 e. The number of anilines is 1. The molecule has 1 aliphatic rings. The average Bonchev–Trinajstić information content (AvgIpc) is 2.85. The Hall–Kier alpha value is -1.83. The Morgan fingerprint density at radius 1 is 1.42 bits per heavy atom. The lowest BCUT2D eigenvalue weighted by Gasteiger charge is -2.11. The Kier molecular flexibility index (Phi) is 4.56. The maximum absolute atomic E-state index is 11.9. The molecule has 0 bridgehead atoms. The first-order chi connectivity index (χ1) is 9.19. The molecule has 2 unspecified atom stereocenters. The monoisotopic (exact) mass is 259 g/mol. The first-order valence-electron chi connectivity index (χ1n) is 6.35. The summed E-state index contributed by atoms with van der Waals surface area (Å²) in [4.78, 5) is 11.9. The molecule has 4 nitrogen and oxygen atoms in total. The van der Waals surface area contributed by atoms with Gasteiger partial charge in [0.1, 0.15) is 12.7 Å². The van der Waals surface area contributed by atoms with Gasteiger partial charge in [-0.25, -0.2) is 0 Å². The summed E-state index contributed by atoms with van der Waals surface area (Å²) < 4.78 is 5.51. The van der Waals surface area contributed by atoms with Crippen molar-refractivity contribution in [1.82, 2.24) is 0 Å². The molecule has 1 amide bonds. The summed E-state index contributed by atoms with van der Waals surface area (Å²) in [7, 11) is 0. The van der Waals surface area contributed by atoms with Crippen LogP contribution in [0.25, 0.3) is 0 Å². The number of nitrogens with one attached hydrogen (secondary N) is 1. The van der Waals surface area contributed by atoms with Crippen LogP contribution in [0.4, 0.5) is 5.69 Å². The summed E-state index contributed by atoms with van der Waals surface area (Å²) in [6.45, 7) is 1.82. The summed E-state index contributed by atoms with van der Waals surface area (Å²) in [5.74, 6) is 5.27. The maximum atomic E-state index is 11.9. The fourth-order valence-electron chi connectivity index (χ4n) is 2.00. The summed E-state index contributed by atoms with van der Waals surface area (Å²) >= 11 is 0. The first kappa shape index (κ1) is 13.6. The van der Waals surface area contributed by atoms with Crippen molar-refractivity contribution in [1.29, 1.82) is 0 Å². The predicted octanol–water partition coefficient (Wildman–Crippen LogP) is 1.54. The van der Waals surface area contributed by atoms with E-state index in [0.29, 0.717) is 0 Å². The number of aliphatic hydroxyl groups excluding tert-OH is 1. The van der Waals surface area contributed by atoms with Crippen molar-refractivity contribution in [2.45, 2.75) is 32.0 Å². The number of rotatable bonds is 2. The molecule has 0 aliphatic carbocycles. The van der Waals surface area contributed by atoms with Crippen molar-refractivity contribution in [3.05, 3.63) is 29.8 Å². The Labute approximate surface area is 112 Å². The van der Waals surface area contributed by atoms with Gasteiger partial charge in [-0.2, -0.15) is 0 Å². The zero-order chi connectivity index (χ0) is 13.7. The van der Waals surface area contributed by atoms with Gasteiger partial charge in [-0.3, -0.25) is 4.79 Å². The third-order valence-corrected chi connectivity index (χ3v) is 2.99. The molecule has 1 fully saturated rings. The molecule has 0 radical (unpaired) electrons. The number of benzene rings is 1. The molecule has 0 aromatic heterocycles. The minimum atomic E-state index is -0.344. The van der Waals surface area contributed by atoms with E-state index in [9.17, 15) is 4.79 Å². The highest BCUT2D eigenvalue weighted by molar-refractivity contribution is 5.94. The highest BCUT2D eigenvalue weighted by atomic mass is 16.5. The maximum Gasteiger partial charge on any atom is 0.253 e. The number of hydrogen-bond donors (Lipinski definition) is 2. The van der Waals surface area contributed by atoms with E-state index in [2.05, 4.69) is 17.2 Å². The van der Waals surface area contributed by atoms with Crippen LogP contribution in [0.1, 0.15) is 25.3 Å². The number of aliphatic hydroxyl groups is 1. The normalized spacial score (nSPS) is 21.6. The van der Waals surface area contributed by atoms with Gasteiger partial charge >= 0.3 is 0 Å². The van der Waals surface area contributed by atoms with Crippen LogP contribution in [0.2, 0.25) is 0 Å². The van der Waals surface area contributed by atoms with Gasteiger partial charge in [-0.1, -0.05) is 11.8 Å². The lowest BCUT2D eigenvalue weighted by Crippen LogP contribution is -2.27. The number of carbonyl (C=O) groups is 1. The number of amides is 1. The van der Waals surface area contributed by atoms with Crippen molar-refractivity contribution in [3.63, 3.8) is 0 Å². The molecule has 19 heavy (non-hydrogen) atoms. The van der Waals surface area contributed by atoms with Crippen molar-refractivity contribution >= 4 is 11.6 Å². The Morgan fingerprint density at radius 3 is 2.74 bits per heavy atom. The van der Waals surface area contributed by atoms with Crippen molar-refractivity contribution < 1.29 is 14.6 Å². The molecule has 1 heterocycles. The number of ether oxygens (including phenoxy) is 1. The molecule has 1 saturated heterocycles. The molecule has 2 atom stereocenters. The molecule has 2 rings (SSSR count). The van der Waals surface area contributed by atoms with Gasteiger partial charge in [0.2, 0.25) is 0 Å². The standard InChI is InChI=1S/C15H17NO3/c1-11-4-9-14(19-11)15(18)16-13-7-5-12(6-8-13)3-2-10-17/h5-8,11,14,17H,4,9-10H2,1H3,(H,16,18). The van der Waals surface area contributed by atoms with E-state index in [4.69, 9.17) is 9.84 Å². The molecule has 1 aromatic rings. The van der Waals surface area contributed by atoms with Gasteiger partial charge in [-0.15, -0.1) is 0 Å². The second-order valence-electron chi connectivity index (χ2n) is 4.54. The van der Waals surface area contributed by atoms with Crippen LogP contribution in [-0.2, 0) is 9.53 Å². The third-order valence-electron chi connectivity index (χ3n) is 2.99. The van der Waals surface area contributed by atoms with E-state index in [1.807, 2.05) is 6.92 Å². The van der Waals surface area contributed by atoms with Crippen LogP contribution in [0.3, 0.4) is 0 Å². The van der Waals surface area contributed by atoms with Gasteiger partial charge in [0, 0.05) is 11.3 Å². The topological polar surface area (TPSA) is 58.6 Å². The summed E-state index contributed by atoms with van der Waals surface area (Å²) in [5, 5.41) is 11.4. The first-order valence-corrected chi connectivity index (χ1v) is 6.35. The second-order valence-corrected chi connectivity index (χ2v) is 4.54. The summed E-state index contributed by atoms with van der Waals surface area (Å²) in [6, 6.07) is 7.18. The van der Waals surface area contributed by atoms with Crippen LogP contribution >= 0.6 is 0 Å². The van der Waals surface area contributed by atoms with Gasteiger partial charge < -0.3 is 15.2 Å². The van der Waals surface area contributed by atoms with E-state index in [0.717, 1.165) is 24.1 Å². The van der Waals surface area contributed by atoms with Crippen molar-refractivity contribution in [2.24, 2.45) is 0 Å². The lowest BCUT2D eigenvalue weighted by atomic mass is 10.2. The zero-order valence-electron chi connectivity index (χ0n) is 10.8. The lowest BCUT2D eigenvalue weighted by molar-refractivity contribution is -0.126. The molecule has 1 aliphatic heterocycles. The van der Waals surface area contributed by atoms with E-state index in [-0.39, 0.29) is 24.7 Å². The fraction of sp³-hybridized carbons (Fsp3) is 0.400. The molecule has 4 heteroatoms. The van der Waals surface area contributed by atoms with Gasteiger partial charge in [0.05, 0.1) is 6.10 Å². The molecule has 1 aromatic carbocycles.